The third-order valence-electron chi connectivity index (χ3n) is 1.99. The fourth-order valence-electron chi connectivity index (χ4n) is 1.20. The maximum Gasteiger partial charge on any atom is 0.123 e. The van der Waals surface area contributed by atoms with Crippen molar-refractivity contribution in [1.29, 1.82) is 0 Å². The van der Waals surface area contributed by atoms with E-state index in [4.69, 9.17) is 0 Å². The van der Waals surface area contributed by atoms with Crippen LogP contribution in [0.15, 0.2) is 24.3 Å². The smallest absolute Gasteiger partial charge is 0.123 e. The minimum atomic E-state index is -0.133. The summed E-state index contributed by atoms with van der Waals surface area (Å²) in [6.45, 7) is 4.28. The molecule has 0 saturated heterocycles. The number of thioether (sulfide) groups is 1. The average Bonchev–Trinajstić information content (AvgIpc) is 2.14. The van der Waals surface area contributed by atoms with Crippen LogP contribution in [-0.2, 0) is 0 Å². The first kappa shape index (κ1) is 10.6. The molecule has 0 saturated carbocycles. The predicted molar refractivity (Wildman–Crippen MR) is 57.8 cm³/mol. The van der Waals surface area contributed by atoms with Crippen molar-refractivity contribution in [1.82, 2.24) is 0 Å². The zero-order valence-electron chi connectivity index (χ0n) is 8.09. The Kier molecular flexibility index (Phi) is 4.29. The van der Waals surface area contributed by atoms with E-state index in [2.05, 4.69) is 13.8 Å². The molecule has 0 aliphatic rings. The molecule has 0 amide bonds. The molecule has 0 N–H and O–H groups in total. The number of hydrogen-bond donors (Lipinski definition) is 0. The van der Waals surface area contributed by atoms with Gasteiger partial charge in [-0.1, -0.05) is 26.0 Å². The first-order valence-electron chi connectivity index (χ1n) is 4.57. The molecule has 1 aromatic carbocycles. The van der Waals surface area contributed by atoms with E-state index >= 15 is 0 Å². The van der Waals surface area contributed by atoms with Crippen molar-refractivity contribution in [2.45, 2.75) is 19.8 Å². The Hall–Kier alpha value is -0.500. The zero-order valence-corrected chi connectivity index (χ0v) is 8.90. The van der Waals surface area contributed by atoms with Crippen molar-refractivity contribution < 1.29 is 4.39 Å². The lowest BCUT2D eigenvalue weighted by molar-refractivity contribution is 0.623. The Bertz CT molecular complexity index is 260. The van der Waals surface area contributed by atoms with Crippen LogP contribution in [0.2, 0.25) is 0 Å². The third-order valence-corrected chi connectivity index (χ3v) is 3.13. The molecule has 0 aliphatic heterocycles. The molecule has 0 bridgehead atoms. The zero-order chi connectivity index (χ0) is 9.68. The predicted octanol–water partition coefficient (Wildman–Crippen LogP) is 3.68. The summed E-state index contributed by atoms with van der Waals surface area (Å²) in [4.78, 5) is 0. The van der Waals surface area contributed by atoms with E-state index in [1.165, 1.54) is 6.07 Å². The normalized spacial score (nSPS) is 12.8. The number of hydrogen-bond acceptors (Lipinski definition) is 1. The van der Waals surface area contributed by atoms with Crippen LogP contribution >= 0.6 is 11.8 Å². The van der Waals surface area contributed by atoms with Crippen molar-refractivity contribution in [3.8, 4) is 0 Å². The Labute approximate surface area is 83.5 Å². The molecule has 0 heterocycles. The topological polar surface area (TPSA) is 0 Å². The highest BCUT2D eigenvalue weighted by Crippen LogP contribution is 2.20. The van der Waals surface area contributed by atoms with E-state index in [1.54, 1.807) is 12.1 Å². The molecule has 0 fully saturated rings. The Balaban J connectivity index is 2.60. The second kappa shape index (κ2) is 5.28. The lowest BCUT2D eigenvalue weighted by Gasteiger charge is -2.10. The van der Waals surface area contributed by atoms with Crippen LogP contribution in [0.4, 0.5) is 4.39 Å². The van der Waals surface area contributed by atoms with Gasteiger partial charge in [0.05, 0.1) is 0 Å². The van der Waals surface area contributed by atoms with Gasteiger partial charge >= 0.3 is 0 Å². The molecular formula is C11H15FS. The molecule has 1 aromatic rings. The first-order valence-corrected chi connectivity index (χ1v) is 5.72. The molecule has 13 heavy (non-hydrogen) atoms. The van der Waals surface area contributed by atoms with Gasteiger partial charge in [0, 0.05) is 0 Å². The van der Waals surface area contributed by atoms with Crippen molar-refractivity contribution >= 4 is 11.8 Å². The fraction of sp³-hybridized carbons (Fsp3) is 0.455. The number of rotatable bonds is 4. The Morgan fingerprint density at radius 3 is 2.85 bits per heavy atom. The van der Waals surface area contributed by atoms with Crippen LogP contribution in [0.5, 0.6) is 0 Å². The molecule has 1 unspecified atom stereocenters. The summed E-state index contributed by atoms with van der Waals surface area (Å²) in [5.74, 6) is 2.51. The summed E-state index contributed by atoms with van der Waals surface area (Å²) in [6.07, 6.45) is 0. The van der Waals surface area contributed by atoms with Gasteiger partial charge in [0.1, 0.15) is 5.82 Å². The SMILES string of the molecule is CCSCC(C)c1cccc(F)c1. The summed E-state index contributed by atoms with van der Waals surface area (Å²) < 4.78 is 12.8. The second-order valence-electron chi connectivity index (χ2n) is 3.12. The molecule has 2 heteroatoms. The molecule has 0 aromatic heterocycles. The summed E-state index contributed by atoms with van der Waals surface area (Å²) in [6, 6.07) is 6.88. The van der Waals surface area contributed by atoms with Crippen LogP contribution in [0.25, 0.3) is 0 Å². The molecule has 0 radical (unpaired) electrons. The van der Waals surface area contributed by atoms with E-state index < -0.39 is 0 Å². The lowest BCUT2D eigenvalue weighted by Crippen LogP contribution is -1.97. The first-order chi connectivity index (χ1) is 6.24. The van der Waals surface area contributed by atoms with Crippen LogP contribution < -0.4 is 0 Å². The summed E-state index contributed by atoms with van der Waals surface area (Å²) in [5, 5.41) is 0. The number of benzene rings is 1. The van der Waals surface area contributed by atoms with Crippen LogP contribution in [-0.4, -0.2) is 11.5 Å². The third kappa shape index (κ3) is 3.39. The van der Waals surface area contributed by atoms with E-state index in [0.717, 1.165) is 17.1 Å². The second-order valence-corrected chi connectivity index (χ2v) is 4.43. The van der Waals surface area contributed by atoms with Gasteiger partial charge < -0.3 is 0 Å². The van der Waals surface area contributed by atoms with Crippen molar-refractivity contribution in [3.05, 3.63) is 35.6 Å². The largest absolute Gasteiger partial charge is 0.207 e. The van der Waals surface area contributed by atoms with Crippen LogP contribution in [0.1, 0.15) is 25.3 Å². The number of halogens is 1. The van der Waals surface area contributed by atoms with Gasteiger partial charge in [-0.25, -0.2) is 4.39 Å². The van der Waals surface area contributed by atoms with Gasteiger partial charge in [-0.3, -0.25) is 0 Å². The van der Waals surface area contributed by atoms with Gasteiger partial charge in [0.2, 0.25) is 0 Å². The molecule has 1 atom stereocenters. The fourth-order valence-corrected chi connectivity index (χ4v) is 1.99. The summed E-state index contributed by atoms with van der Waals surface area (Å²) in [5.41, 5.74) is 1.10. The van der Waals surface area contributed by atoms with Crippen molar-refractivity contribution in [3.63, 3.8) is 0 Å². The van der Waals surface area contributed by atoms with Gasteiger partial charge in [-0.15, -0.1) is 0 Å². The van der Waals surface area contributed by atoms with E-state index in [0.29, 0.717) is 5.92 Å². The summed E-state index contributed by atoms with van der Waals surface area (Å²) >= 11 is 1.89. The monoisotopic (exact) mass is 198 g/mol. The lowest BCUT2D eigenvalue weighted by atomic mass is 10.0. The molecule has 72 valence electrons. The minimum Gasteiger partial charge on any atom is -0.207 e. The van der Waals surface area contributed by atoms with Crippen molar-refractivity contribution in [2.75, 3.05) is 11.5 Å². The van der Waals surface area contributed by atoms with Gasteiger partial charge in [-0.2, -0.15) is 11.8 Å². The van der Waals surface area contributed by atoms with E-state index in [9.17, 15) is 4.39 Å². The van der Waals surface area contributed by atoms with Crippen LogP contribution in [0, 0.1) is 5.82 Å². The molecule has 1 rings (SSSR count). The van der Waals surface area contributed by atoms with Crippen LogP contribution in [0.3, 0.4) is 0 Å². The quantitative estimate of drug-likeness (QED) is 0.711. The minimum absolute atomic E-state index is 0.133. The van der Waals surface area contributed by atoms with E-state index in [1.807, 2.05) is 17.8 Å². The van der Waals surface area contributed by atoms with Gasteiger partial charge in [0.15, 0.2) is 0 Å². The molecule has 0 aliphatic carbocycles. The van der Waals surface area contributed by atoms with Crippen molar-refractivity contribution in [2.24, 2.45) is 0 Å². The van der Waals surface area contributed by atoms with Gasteiger partial charge in [0.25, 0.3) is 0 Å². The highest BCUT2D eigenvalue weighted by atomic mass is 32.2. The standard InChI is InChI=1S/C11H15FS/c1-3-13-8-9(2)10-5-4-6-11(12)7-10/h4-7,9H,3,8H2,1-2H3. The molecule has 0 nitrogen and oxygen atoms in total. The Morgan fingerprint density at radius 1 is 1.46 bits per heavy atom. The highest BCUT2D eigenvalue weighted by Gasteiger charge is 2.05. The van der Waals surface area contributed by atoms with Gasteiger partial charge in [-0.05, 0) is 35.1 Å². The average molecular weight is 198 g/mol. The summed E-state index contributed by atoms with van der Waals surface area (Å²) in [7, 11) is 0. The highest BCUT2D eigenvalue weighted by molar-refractivity contribution is 7.99. The van der Waals surface area contributed by atoms with E-state index in [-0.39, 0.29) is 5.82 Å². The maximum atomic E-state index is 12.8. The maximum absolute atomic E-state index is 12.8. The Morgan fingerprint density at radius 2 is 2.23 bits per heavy atom. The molecule has 0 spiro atoms. The molecular weight excluding hydrogens is 183 g/mol.